The van der Waals surface area contributed by atoms with Crippen molar-refractivity contribution in [1.82, 2.24) is 20.3 Å². The van der Waals surface area contributed by atoms with Gasteiger partial charge >= 0.3 is 6.09 Å². The number of amides is 4. The number of nitrogens with one attached hydrogen (secondary N) is 4. The second-order valence-corrected chi connectivity index (χ2v) is 18.7. The molecule has 8 atom stereocenters. The number of rotatable bonds is 7. The van der Waals surface area contributed by atoms with Crippen LogP contribution in [0.4, 0.5) is 16.2 Å². The standard InChI is InChI=1S/C38H52N6O9S/c1-6-22-19-38(22,35(47)43-54(49,50)25-13-14-25)42-32(45)29-18-24-20-44(29)34(46)31(37(2,3)4)41-36(48)53-30-16-21(30)10-8-7-9-11-27-33(52-24)40-28-17-23(51-5)12-15-26(28)39-27/h6,12,15,17,21-22,24-25,27,29-31,39H,1,7-11,13-14,16,18-20H2,2-5H3,(H,41,48)(H,42,45)(H,43,47). The molecule has 3 heterocycles. The summed E-state index contributed by atoms with van der Waals surface area (Å²) in [5, 5.41) is 8.56. The molecule has 2 bridgehead atoms. The van der Waals surface area contributed by atoms with Gasteiger partial charge in [-0.15, -0.1) is 6.58 Å². The molecule has 54 heavy (non-hydrogen) atoms. The van der Waals surface area contributed by atoms with Gasteiger partial charge in [0, 0.05) is 18.4 Å². The van der Waals surface area contributed by atoms with Gasteiger partial charge in [0.25, 0.3) is 5.91 Å². The van der Waals surface area contributed by atoms with Crippen molar-refractivity contribution in [3.63, 3.8) is 0 Å². The molecule has 2 saturated heterocycles. The summed E-state index contributed by atoms with van der Waals surface area (Å²) in [5.74, 6) is -1.17. The van der Waals surface area contributed by atoms with Crippen molar-refractivity contribution >= 4 is 51.1 Å². The van der Waals surface area contributed by atoms with E-state index in [1.807, 2.05) is 39.0 Å². The molecule has 1 aromatic rings. The summed E-state index contributed by atoms with van der Waals surface area (Å²) in [5.41, 5.74) is -0.853. The first-order valence-electron chi connectivity index (χ1n) is 19.1. The maximum Gasteiger partial charge on any atom is 0.408 e. The fourth-order valence-corrected chi connectivity index (χ4v) is 9.24. The van der Waals surface area contributed by atoms with Gasteiger partial charge in [-0.2, -0.15) is 0 Å². The van der Waals surface area contributed by atoms with Gasteiger partial charge in [-0.05, 0) is 62.0 Å². The van der Waals surface area contributed by atoms with Crippen molar-refractivity contribution in [1.29, 1.82) is 0 Å². The van der Waals surface area contributed by atoms with E-state index in [0.29, 0.717) is 30.2 Å². The molecule has 4 amide bonds. The number of aliphatic imine (C=N–C) groups is 1. The lowest BCUT2D eigenvalue weighted by atomic mass is 9.85. The molecule has 294 valence electrons. The Labute approximate surface area is 316 Å². The topological polar surface area (TPSA) is 194 Å². The Morgan fingerprint density at radius 3 is 2.52 bits per heavy atom. The molecule has 3 saturated carbocycles. The zero-order chi connectivity index (χ0) is 38.6. The minimum Gasteiger partial charge on any atom is -0.497 e. The monoisotopic (exact) mass is 768 g/mol. The van der Waals surface area contributed by atoms with Crippen LogP contribution in [-0.4, -0.2) is 97.8 Å². The van der Waals surface area contributed by atoms with E-state index >= 15 is 0 Å². The third kappa shape index (κ3) is 7.89. The van der Waals surface area contributed by atoms with Gasteiger partial charge in [0.15, 0.2) is 0 Å². The van der Waals surface area contributed by atoms with Gasteiger partial charge in [0.1, 0.15) is 41.6 Å². The third-order valence-electron chi connectivity index (χ3n) is 11.5. The molecule has 4 N–H and O–H groups in total. The van der Waals surface area contributed by atoms with Crippen molar-refractivity contribution in [2.45, 2.75) is 126 Å². The van der Waals surface area contributed by atoms with E-state index in [1.54, 1.807) is 7.11 Å². The highest BCUT2D eigenvalue weighted by Crippen LogP contribution is 2.46. The molecule has 7 rings (SSSR count). The fraction of sp³-hybridized carbons (Fsp3) is 0.658. The van der Waals surface area contributed by atoms with Crippen molar-refractivity contribution in [3.8, 4) is 5.75 Å². The molecular weight excluding hydrogens is 717 g/mol. The van der Waals surface area contributed by atoms with Gasteiger partial charge in [-0.25, -0.2) is 18.2 Å². The van der Waals surface area contributed by atoms with Crippen LogP contribution in [0, 0.1) is 17.3 Å². The molecule has 3 aliphatic heterocycles. The smallest absolute Gasteiger partial charge is 0.408 e. The SMILES string of the molecule is C=CC1CC1(NC(=O)C1CC2CN1C(=O)C(C(C)(C)C)NC(=O)OC1CC1CCCCCC1Nc3ccc(OC)cc3N=C1O2)C(=O)NS(=O)(=O)C1CC1. The highest BCUT2D eigenvalue weighted by molar-refractivity contribution is 7.91. The van der Waals surface area contributed by atoms with E-state index in [9.17, 15) is 27.6 Å². The number of ether oxygens (including phenoxy) is 3. The van der Waals surface area contributed by atoms with E-state index in [-0.39, 0.29) is 37.5 Å². The molecule has 0 aromatic heterocycles. The third-order valence-corrected chi connectivity index (χ3v) is 13.3. The first kappa shape index (κ1) is 38.0. The quantitative estimate of drug-likeness (QED) is 0.298. The van der Waals surface area contributed by atoms with Crippen LogP contribution < -0.4 is 25.4 Å². The minimum absolute atomic E-state index is 0.0121. The van der Waals surface area contributed by atoms with Crippen molar-refractivity contribution in [3.05, 3.63) is 30.9 Å². The van der Waals surface area contributed by atoms with Crippen LogP contribution in [0.1, 0.15) is 85.0 Å². The lowest BCUT2D eigenvalue weighted by Crippen LogP contribution is -2.60. The molecule has 15 nitrogen and oxygen atoms in total. The predicted octanol–water partition coefficient (Wildman–Crippen LogP) is 3.67. The van der Waals surface area contributed by atoms with Crippen LogP contribution in [0.2, 0.25) is 0 Å². The number of alkyl carbamates (subject to hydrolysis) is 1. The van der Waals surface area contributed by atoms with Crippen molar-refractivity contribution in [2.24, 2.45) is 22.2 Å². The average molecular weight is 769 g/mol. The Bertz CT molecular complexity index is 1840. The maximum absolute atomic E-state index is 14.6. The van der Waals surface area contributed by atoms with Crippen LogP contribution >= 0.6 is 0 Å². The number of sulfonamides is 1. The van der Waals surface area contributed by atoms with Gasteiger partial charge in [0.2, 0.25) is 27.7 Å². The summed E-state index contributed by atoms with van der Waals surface area (Å²) in [6.45, 7) is 9.23. The molecule has 5 fully saturated rings. The van der Waals surface area contributed by atoms with E-state index in [4.69, 9.17) is 19.2 Å². The second-order valence-electron chi connectivity index (χ2n) is 16.7. The number of fused-ring (bicyclic) bond motifs is 5. The average Bonchev–Trinajstić information content (AvgIpc) is 4.04. The summed E-state index contributed by atoms with van der Waals surface area (Å²) >= 11 is 0. The van der Waals surface area contributed by atoms with Crippen LogP contribution in [0.3, 0.4) is 0 Å². The van der Waals surface area contributed by atoms with E-state index in [2.05, 4.69) is 27.3 Å². The maximum atomic E-state index is 14.6. The largest absolute Gasteiger partial charge is 0.497 e. The number of anilines is 1. The summed E-state index contributed by atoms with van der Waals surface area (Å²) in [4.78, 5) is 62.0. The summed E-state index contributed by atoms with van der Waals surface area (Å²) < 4.78 is 45.5. The second kappa shape index (κ2) is 14.4. The molecule has 3 aliphatic carbocycles. The van der Waals surface area contributed by atoms with Gasteiger partial charge in [-0.1, -0.05) is 46.1 Å². The fourth-order valence-electron chi connectivity index (χ4n) is 7.87. The Morgan fingerprint density at radius 1 is 1.07 bits per heavy atom. The highest BCUT2D eigenvalue weighted by Gasteiger charge is 2.62. The molecule has 0 radical (unpaired) electrons. The Kier molecular flexibility index (Phi) is 10.1. The zero-order valence-corrected chi connectivity index (χ0v) is 32.2. The Morgan fingerprint density at radius 2 is 1.83 bits per heavy atom. The van der Waals surface area contributed by atoms with E-state index < -0.39 is 74.1 Å². The number of methoxy groups -OCH3 is 1. The Hall–Kier alpha value is -4.34. The summed E-state index contributed by atoms with van der Waals surface area (Å²) in [7, 11) is -2.31. The van der Waals surface area contributed by atoms with Crippen LogP contribution in [0.15, 0.2) is 35.8 Å². The molecule has 0 spiro atoms. The first-order chi connectivity index (χ1) is 25.6. The minimum atomic E-state index is -3.89. The molecule has 1 aromatic carbocycles. The van der Waals surface area contributed by atoms with Gasteiger partial charge in [0.05, 0.1) is 30.3 Å². The van der Waals surface area contributed by atoms with Crippen molar-refractivity contribution < 1.29 is 41.8 Å². The van der Waals surface area contributed by atoms with Crippen molar-refractivity contribution in [2.75, 3.05) is 19.0 Å². The number of nitrogens with zero attached hydrogens (tertiary/aromatic N) is 2. The number of carbonyl (C=O) groups is 4. The first-order valence-corrected chi connectivity index (χ1v) is 20.6. The van der Waals surface area contributed by atoms with E-state index in [0.717, 1.165) is 44.2 Å². The van der Waals surface area contributed by atoms with E-state index in [1.165, 1.54) is 11.0 Å². The van der Waals surface area contributed by atoms with Crippen LogP contribution in [0.25, 0.3) is 0 Å². The lowest BCUT2D eigenvalue weighted by Gasteiger charge is -2.35. The number of carbonyl (C=O) groups excluding carboxylic acids is 4. The number of benzene rings is 1. The molecule has 6 aliphatic rings. The summed E-state index contributed by atoms with van der Waals surface area (Å²) in [6, 6.07) is 3.13. The lowest BCUT2D eigenvalue weighted by molar-refractivity contribution is -0.142. The van der Waals surface area contributed by atoms with Crippen LogP contribution in [-0.2, 0) is 33.9 Å². The number of hydrogen-bond acceptors (Lipinski definition) is 11. The molecular formula is C38H52N6O9S. The zero-order valence-electron chi connectivity index (χ0n) is 31.4. The van der Waals surface area contributed by atoms with Gasteiger partial charge in [-0.3, -0.25) is 19.1 Å². The van der Waals surface area contributed by atoms with Gasteiger partial charge < -0.3 is 35.1 Å². The summed E-state index contributed by atoms with van der Waals surface area (Å²) in [6.07, 6.45) is 6.34. The normalized spacial score (nSPS) is 32.6. The Balaban J connectivity index is 1.20. The highest BCUT2D eigenvalue weighted by atomic mass is 32.2. The molecule has 16 heteroatoms. The predicted molar refractivity (Wildman–Crippen MR) is 200 cm³/mol. The number of hydrogen-bond donors (Lipinski definition) is 4. The van der Waals surface area contributed by atoms with Crippen LogP contribution in [0.5, 0.6) is 5.75 Å². The molecule has 8 unspecified atom stereocenters.